The van der Waals surface area contributed by atoms with Crippen molar-refractivity contribution in [3.63, 3.8) is 0 Å². The molecule has 0 saturated heterocycles. The zero-order chi connectivity index (χ0) is 14.3. The van der Waals surface area contributed by atoms with E-state index in [1.165, 1.54) is 6.08 Å². The maximum atomic E-state index is 12.1. The molecule has 0 aromatic carbocycles. The van der Waals surface area contributed by atoms with Gasteiger partial charge in [-0.15, -0.1) is 6.58 Å². The second-order valence-electron chi connectivity index (χ2n) is 3.83. The molecule has 0 aromatic heterocycles. The number of hydrogen-bond donors (Lipinski definition) is 1. The Bertz CT molecular complexity index is 315. The van der Waals surface area contributed by atoms with Crippen LogP contribution in [0.2, 0.25) is 0 Å². The first kappa shape index (κ1) is 16.5. The minimum atomic E-state index is -4.42. The van der Waals surface area contributed by atoms with E-state index in [1.54, 1.807) is 0 Å². The summed E-state index contributed by atoms with van der Waals surface area (Å²) in [7, 11) is 1.13. The molecule has 0 radical (unpaired) electrons. The molecule has 0 aromatic rings. The Morgan fingerprint density at radius 1 is 1.44 bits per heavy atom. The highest BCUT2D eigenvalue weighted by molar-refractivity contribution is 5.85. The van der Waals surface area contributed by atoms with Crippen molar-refractivity contribution in [1.29, 1.82) is 0 Å². The lowest BCUT2D eigenvalue weighted by molar-refractivity contribution is -0.154. The van der Waals surface area contributed by atoms with Crippen molar-refractivity contribution in [2.24, 2.45) is 5.92 Å². The van der Waals surface area contributed by atoms with Gasteiger partial charge >= 0.3 is 12.1 Å². The van der Waals surface area contributed by atoms with E-state index in [0.29, 0.717) is 0 Å². The SMILES string of the molecule is C=CC[C@H](NC(=O)C(C)CC(F)(F)F)C(=O)OC. The van der Waals surface area contributed by atoms with Crippen LogP contribution < -0.4 is 5.32 Å². The van der Waals surface area contributed by atoms with Gasteiger partial charge in [0, 0.05) is 5.92 Å². The van der Waals surface area contributed by atoms with Crippen molar-refractivity contribution < 1.29 is 27.5 Å². The molecule has 1 unspecified atom stereocenters. The van der Waals surface area contributed by atoms with Crippen LogP contribution in [0.5, 0.6) is 0 Å². The molecular weight excluding hydrogens is 251 g/mol. The summed E-state index contributed by atoms with van der Waals surface area (Å²) in [5.74, 6) is -2.82. The van der Waals surface area contributed by atoms with E-state index in [-0.39, 0.29) is 6.42 Å². The summed E-state index contributed by atoms with van der Waals surface area (Å²) >= 11 is 0. The number of methoxy groups -OCH3 is 1. The molecule has 1 amide bonds. The summed E-state index contributed by atoms with van der Waals surface area (Å²) in [6.45, 7) is 4.53. The number of carbonyl (C=O) groups excluding carboxylic acids is 2. The predicted octanol–water partition coefficient (Wildman–Crippen LogP) is 1.81. The van der Waals surface area contributed by atoms with Gasteiger partial charge in [0.1, 0.15) is 6.04 Å². The minimum absolute atomic E-state index is 0.0944. The quantitative estimate of drug-likeness (QED) is 0.590. The van der Waals surface area contributed by atoms with E-state index in [1.807, 2.05) is 0 Å². The fourth-order valence-electron chi connectivity index (χ4n) is 1.28. The number of carbonyl (C=O) groups is 2. The minimum Gasteiger partial charge on any atom is -0.467 e. The maximum Gasteiger partial charge on any atom is 0.389 e. The van der Waals surface area contributed by atoms with E-state index >= 15 is 0 Å². The summed E-state index contributed by atoms with van der Waals surface area (Å²) in [4.78, 5) is 22.7. The van der Waals surface area contributed by atoms with Crippen LogP contribution in [0.15, 0.2) is 12.7 Å². The third kappa shape index (κ3) is 6.27. The lowest BCUT2D eigenvalue weighted by Gasteiger charge is -2.18. The van der Waals surface area contributed by atoms with Crippen LogP contribution in [0.3, 0.4) is 0 Å². The number of esters is 1. The number of alkyl halides is 3. The molecule has 4 nitrogen and oxygen atoms in total. The smallest absolute Gasteiger partial charge is 0.389 e. The molecule has 7 heteroatoms. The molecule has 0 aliphatic rings. The van der Waals surface area contributed by atoms with Crippen molar-refractivity contribution in [2.75, 3.05) is 7.11 Å². The largest absolute Gasteiger partial charge is 0.467 e. The van der Waals surface area contributed by atoms with Crippen molar-refractivity contribution in [3.05, 3.63) is 12.7 Å². The summed E-state index contributed by atoms with van der Waals surface area (Å²) in [5, 5.41) is 2.21. The summed E-state index contributed by atoms with van der Waals surface area (Å²) in [5.41, 5.74) is 0. The summed E-state index contributed by atoms with van der Waals surface area (Å²) in [6, 6.07) is -1.00. The van der Waals surface area contributed by atoms with Gasteiger partial charge in [-0.25, -0.2) is 4.79 Å². The van der Waals surface area contributed by atoms with Crippen molar-refractivity contribution in [2.45, 2.75) is 32.0 Å². The van der Waals surface area contributed by atoms with Crippen LogP contribution in [-0.2, 0) is 14.3 Å². The normalized spacial score (nSPS) is 14.5. The van der Waals surface area contributed by atoms with Gasteiger partial charge < -0.3 is 10.1 Å². The molecule has 1 N–H and O–H groups in total. The Balaban J connectivity index is 4.50. The fraction of sp³-hybridized carbons (Fsp3) is 0.636. The summed E-state index contributed by atoms with van der Waals surface area (Å²) in [6.07, 6.45) is -4.19. The van der Waals surface area contributed by atoms with E-state index in [9.17, 15) is 22.8 Å². The molecule has 0 aliphatic carbocycles. The van der Waals surface area contributed by atoms with Gasteiger partial charge in [0.2, 0.25) is 5.91 Å². The first-order valence-corrected chi connectivity index (χ1v) is 5.27. The highest BCUT2D eigenvalue weighted by Gasteiger charge is 2.34. The number of amides is 1. The van der Waals surface area contributed by atoms with Gasteiger partial charge in [-0.1, -0.05) is 13.0 Å². The number of nitrogens with one attached hydrogen (secondary N) is 1. The van der Waals surface area contributed by atoms with Crippen LogP contribution in [0, 0.1) is 5.92 Å². The Morgan fingerprint density at radius 2 is 2.00 bits per heavy atom. The number of hydrogen-bond acceptors (Lipinski definition) is 3. The molecule has 2 atom stereocenters. The van der Waals surface area contributed by atoms with Crippen molar-refractivity contribution in [1.82, 2.24) is 5.32 Å². The molecule has 104 valence electrons. The molecule has 0 bridgehead atoms. The molecule has 0 saturated carbocycles. The third-order valence-electron chi connectivity index (χ3n) is 2.19. The van der Waals surface area contributed by atoms with E-state index in [0.717, 1.165) is 14.0 Å². The van der Waals surface area contributed by atoms with Gasteiger partial charge in [-0.2, -0.15) is 13.2 Å². The lowest BCUT2D eigenvalue weighted by Crippen LogP contribution is -2.44. The van der Waals surface area contributed by atoms with Gasteiger partial charge in [0.05, 0.1) is 13.5 Å². The van der Waals surface area contributed by atoms with Crippen LogP contribution in [-0.4, -0.2) is 31.2 Å². The average molecular weight is 267 g/mol. The topological polar surface area (TPSA) is 55.4 Å². The first-order valence-electron chi connectivity index (χ1n) is 5.27. The van der Waals surface area contributed by atoms with Gasteiger partial charge in [-0.05, 0) is 6.42 Å². The van der Waals surface area contributed by atoms with Crippen molar-refractivity contribution >= 4 is 11.9 Å². The molecule has 0 aliphatic heterocycles. The summed E-state index contributed by atoms with van der Waals surface area (Å²) < 4.78 is 40.7. The molecule has 0 rings (SSSR count). The van der Waals surface area contributed by atoms with Crippen molar-refractivity contribution in [3.8, 4) is 0 Å². The fourth-order valence-corrected chi connectivity index (χ4v) is 1.28. The monoisotopic (exact) mass is 267 g/mol. The Morgan fingerprint density at radius 3 is 2.39 bits per heavy atom. The number of ether oxygens (including phenoxy) is 1. The Labute approximate surface area is 103 Å². The van der Waals surface area contributed by atoms with E-state index in [2.05, 4.69) is 16.6 Å². The van der Waals surface area contributed by atoms with Crippen LogP contribution in [0.25, 0.3) is 0 Å². The van der Waals surface area contributed by atoms with E-state index < -0.39 is 36.4 Å². The molecule has 0 fully saturated rings. The first-order chi connectivity index (χ1) is 8.21. The lowest BCUT2D eigenvalue weighted by atomic mass is 10.1. The Hall–Kier alpha value is -1.53. The molecule has 0 spiro atoms. The Kier molecular flexibility index (Phi) is 6.43. The number of halogens is 3. The van der Waals surface area contributed by atoms with Crippen LogP contribution in [0.4, 0.5) is 13.2 Å². The predicted molar refractivity (Wildman–Crippen MR) is 58.6 cm³/mol. The van der Waals surface area contributed by atoms with Crippen LogP contribution >= 0.6 is 0 Å². The molecular formula is C11H16F3NO3. The number of rotatable bonds is 6. The highest BCUT2D eigenvalue weighted by Crippen LogP contribution is 2.24. The zero-order valence-electron chi connectivity index (χ0n) is 10.2. The van der Waals surface area contributed by atoms with Gasteiger partial charge in [0.15, 0.2) is 0 Å². The van der Waals surface area contributed by atoms with E-state index in [4.69, 9.17) is 0 Å². The molecule has 0 heterocycles. The van der Waals surface area contributed by atoms with Crippen LogP contribution in [0.1, 0.15) is 19.8 Å². The van der Waals surface area contributed by atoms with Gasteiger partial charge in [0.25, 0.3) is 0 Å². The second-order valence-corrected chi connectivity index (χ2v) is 3.83. The second kappa shape index (κ2) is 7.03. The third-order valence-corrected chi connectivity index (χ3v) is 2.19. The zero-order valence-corrected chi connectivity index (χ0v) is 10.2. The molecule has 18 heavy (non-hydrogen) atoms. The maximum absolute atomic E-state index is 12.1. The highest BCUT2D eigenvalue weighted by atomic mass is 19.4. The average Bonchev–Trinajstić information content (AvgIpc) is 2.24. The van der Waals surface area contributed by atoms with Gasteiger partial charge in [-0.3, -0.25) is 4.79 Å². The standard InChI is InChI=1S/C11H16F3NO3/c1-4-5-8(10(17)18-3)15-9(16)7(2)6-11(12,13)14/h4,7-8H,1,5-6H2,2-3H3,(H,15,16)/t7?,8-/m0/s1.